The number of benzene rings is 1. The van der Waals surface area contributed by atoms with Gasteiger partial charge in [0.05, 0.1) is 5.41 Å². The van der Waals surface area contributed by atoms with Gasteiger partial charge in [-0.05, 0) is 43.4 Å². The maximum atomic E-state index is 11.1. The molecule has 0 unspecified atom stereocenters. The van der Waals surface area contributed by atoms with Gasteiger partial charge in [-0.2, -0.15) is 0 Å². The van der Waals surface area contributed by atoms with Gasteiger partial charge in [0.2, 0.25) is 0 Å². The minimum absolute atomic E-state index is 0.224. The van der Waals surface area contributed by atoms with Gasteiger partial charge in [0, 0.05) is 0 Å². The number of carbonyl (C=O) groups is 1. The quantitative estimate of drug-likeness (QED) is 0.844. The minimum Gasteiger partial charge on any atom is -0.508 e. The van der Waals surface area contributed by atoms with Gasteiger partial charge in [-0.1, -0.05) is 26.0 Å². The van der Waals surface area contributed by atoms with Crippen molar-refractivity contribution in [3.8, 4) is 5.75 Å². The number of aliphatic carboxylic acids is 1. The highest BCUT2D eigenvalue weighted by Gasteiger charge is 2.35. The van der Waals surface area contributed by atoms with Crippen molar-refractivity contribution < 1.29 is 15.0 Å². The first kappa shape index (κ1) is 13.6. The Labute approximate surface area is 102 Å². The zero-order valence-corrected chi connectivity index (χ0v) is 10.8. The van der Waals surface area contributed by atoms with Gasteiger partial charge >= 0.3 is 5.97 Å². The normalized spacial score (nSPS) is 12.5. The van der Waals surface area contributed by atoms with E-state index in [0.717, 1.165) is 5.56 Å². The number of hydrogen-bond donors (Lipinski definition) is 2. The maximum Gasteiger partial charge on any atom is 0.309 e. The van der Waals surface area contributed by atoms with Crippen molar-refractivity contribution in [1.29, 1.82) is 0 Å². The molecule has 0 heterocycles. The van der Waals surface area contributed by atoms with E-state index >= 15 is 0 Å². The molecule has 1 aromatic rings. The molecule has 3 heteroatoms. The van der Waals surface area contributed by atoms with Gasteiger partial charge in [-0.3, -0.25) is 4.79 Å². The van der Waals surface area contributed by atoms with Crippen molar-refractivity contribution in [3.05, 3.63) is 29.8 Å². The molecule has 0 saturated carbocycles. The molecule has 17 heavy (non-hydrogen) atoms. The molecule has 0 atom stereocenters. The summed E-state index contributed by atoms with van der Waals surface area (Å²) in [4.78, 5) is 11.1. The molecule has 0 aliphatic rings. The van der Waals surface area contributed by atoms with Crippen LogP contribution in [0.25, 0.3) is 0 Å². The van der Waals surface area contributed by atoms with E-state index in [9.17, 15) is 9.90 Å². The van der Waals surface area contributed by atoms with Crippen molar-refractivity contribution >= 4 is 5.97 Å². The molecule has 0 radical (unpaired) electrons. The number of rotatable bonds is 4. The lowest BCUT2D eigenvalue weighted by Gasteiger charge is -2.32. The SMILES string of the molecule is CC(C)(CC(C)(C)c1ccc(O)cc1)C(=O)O. The summed E-state index contributed by atoms with van der Waals surface area (Å²) in [7, 11) is 0. The van der Waals surface area contributed by atoms with Crippen LogP contribution in [0.3, 0.4) is 0 Å². The number of carboxylic acids is 1. The van der Waals surface area contributed by atoms with Crippen molar-refractivity contribution in [2.75, 3.05) is 0 Å². The summed E-state index contributed by atoms with van der Waals surface area (Å²) in [5, 5.41) is 18.4. The van der Waals surface area contributed by atoms with Gasteiger partial charge in [0.1, 0.15) is 5.75 Å². The lowest BCUT2D eigenvalue weighted by Crippen LogP contribution is -2.32. The van der Waals surface area contributed by atoms with Crippen LogP contribution < -0.4 is 0 Å². The summed E-state index contributed by atoms with van der Waals surface area (Å²) < 4.78 is 0. The van der Waals surface area contributed by atoms with Crippen LogP contribution in [0.4, 0.5) is 0 Å². The molecule has 2 N–H and O–H groups in total. The van der Waals surface area contributed by atoms with Crippen molar-refractivity contribution in [2.45, 2.75) is 39.5 Å². The first-order valence-electron chi connectivity index (χ1n) is 5.68. The Kier molecular flexibility index (Phi) is 3.51. The molecule has 94 valence electrons. The van der Waals surface area contributed by atoms with Crippen LogP contribution in [0, 0.1) is 5.41 Å². The van der Waals surface area contributed by atoms with E-state index in [1.54, 1.807) is 26.0 Å². The summed E-state index contributed by atoms with van der Waals surface area (Å²) >= 11 is 0. The zero-order valence-electron chi connectivity index (χ0n) is 10.8. The summed E-state index contributed by atoms with van der Waals surface area (Å²) in [6, 6.07) is 6.94. The second-order valence-electron chi connectivity index (χ2n) is 5.80. The molecule has 0 aliphatic heterocycles. The van der Waals surface area contributed by atoms with Gasteiger partial charge in [0.15, 0.2) is 0 Å². The third-order valence-corrected chi connectivity index (χ3v) is 3.11. The Morgan fingerprint density at radius 1 is 1.12 bits per heavy atom. The topological polar surface area (TPSA) is 57.5 Å². The van der Waals surface area contributed by atoms with E-state index in [0.29, 0.717) is 6.42 Å². The lowest BCUT2D eigenvalue weighted by atomic mass is 9.71. The Morgan fingerprint density at radius 3 is 2.00 bits per heavy atom. The highest BCUT2D eigenvalue weighted by molar-refractivity contribution is 5.73. The predicted octanol–water partition coefficient (Wildman–Crippen LogP) is 3.17. The Balaban J connectivity index is 2.96. The monoisotopic (exact) mass is 236 g/mol. The van der Waals surface area contributed by atoms with E-state index in [1.165, 1.54) is 0 Å². The van der Waals surface area contributed by atoms with Crippen LogP contribution in [0.2, 0.25) is 0 Å². The minimum atomic E-state index is -0.788. The highest BCUT2D eigenvalue weighted by atomic mass is 16.4. The molecule has 0 aliphatic carbocycles. The van der Waals surface area contributed by atoms with E-state index in [4.69, 9.17) is 5.11 Å². The average Bonchev–Trinajstić information content (AvgIpc) is 2.16. The van der Waals surface area contributed by atoms with E-state index in [2.05, 4.69) is 0 Å². The molecule has 0 fully saturated rings. The predicted molar refractivity (Wildman–Crippen MR) is 67.2 cm³/mol. The molecule has 0 bridgehead atoms. The molecule has 3 nitrogen and oxygen atoms in total. The Bertz CT molecular complexity index is 402. The largest absolute Gasteiger partial charge is 0.508 e. The standard InChI is InChI=1S/C14H20O3/c1-13(2,9-14(3,4)12(16)17)10-5-7-11(15)8-6-10/h5-8,15H,9H2,1-4H3,(H,16,17). The summed E-state index contributed by atoms with van der Waals surface area (Å²) in [6.45, 7) is 7.50. The summed E-state index contributed by atoms with van der Waals surface area (Å²) in [6.07, 6.45) is 0.542. The number of hydrogen-bond acceptors (Lipinski definition) is 2. The van der Waals surface area contributed by atoms with Gasteiger partial charge in [-0.25, -0.2) is 0 Å². The first-order chi connectivity index (χ1) is 7.65. The molecular formula is C14H20O3. The fourth-order valence-corrected chi connectivity index (χ4v) is 2.20. The molecule has 0 amide bonds. The van der Waals surface area contributed by atoms with Crippen molar-refractivity contribution in [1.82, 2.24) is 0 Å². The fraction of sp³-hybridized carbons (Fsp3) is 0.500. The molecule has 1 aromatic carbocycles. The second-order valence-corrected chi connectivity index (χ2v) is 5.80. The number of phenols is 1. The Hall–Kier alpha value is -1.51. The van der Waals surface area contributed by atoms with Gasteiger partial charge in [-0.15, -0.1) is 0 Å². The number of aromatic hydroxyl groups is 1. The molecule has 0 spiro atoms. The average molecular weight is 236 g/mol. The van der Waals surface area contributed by atoms with Gasteiger partial charge in [0.25, 0.3) is 0 Å². The third kappa shape index (κ3) is 3.22. The fourth-order valence-electron chi connectivity index (χ4n) is 2.20. The molecule has 0 aromatic heterocycles. The summed E-state index contributed by atoms with van der Waals surface area (Å²) in [5.41, 5.74) is 0.0291. The van der Waals surface area contributed by atoms with Crippen LogP contribution in [0.15, 0.2) is 24.3 Å². The van der Waals surface area contributed by atoms with Crippen LogP contribution >= 0.6 is 0 Å². The van der Waals surface area contributed by atoms with E-state index < -0.39 is 11.4 Å². The van der Waals surface area contributed by atoms with Crippen molar-refractivity contribution in [2.24, 2.45) is 5.41 Å². The summed E-state index contributed by atoms with van der Waals surface area (Å²) in [5.74, 6) is -0.564. The lowest BCUT2D eigenvalue weighted by molar-refractivity contribution is -0.148. The molecule has 0 saturated heterocycles. The molecular weight excluding hydrogens is 216 g/mol. The first-order valence-corrected chi connectivity index (χ1v) is 5.68. The van der Waals surface area contributed by atoms with Crippen LogP contribution in [0.1, 0.15) is 39.7 Å². The second kappa shape index (κ2) is 4.40. The van der Waals surface area contributed by atoms with Gasteiger partial charge < -0.3 is 10.2 Å². The number of carboxylic acid groups (broad SMARTS) is 1. The van der Waals surface area contributed by atoms with E-state index in [-0.39, 0.29) is 11.2 Å². The zero-order chi connectivity index (χ0) is 13.3. The van der Waals surface area contributed by atoms with E-state index in [1.807, 2.05) is 26.0 Å². The van der Waals surface area contributed by atoms with Crippen LogP contribution in [0.5, 0.6) is 5.75 Å². The van der Waals surface area contributed by atoms with Crippen molar-refractivity contribution in [3.63, 3.8) is 0 Å². The number of phenolic OH excluding ortho intramolecular Hbond substituents is 1. The maximum absolute atomic E-state index is 11.1. The molecule has 1 rings (SSSR count). The third-order valence-electron chi connectivity index (χ3n) is 3.11. The smallest absolute Gasteiger partial charge is 0.309 e. The highest BCUT2D eigenvalue weighted by Crippen LogP contribution is 2.37. The van der Waals surface area contributed by atoms with Crippen LogP contribution in [-0.2, 0) is 10.2 Å². The Morgan fingerprint density at radius 2 is 1.59 bits per heavy atom. The van der Waals surface area contributed by atoms with Crippen LogP contribution in [-0.4, -0.2) is 16.2 Å².